The lowest BCUT2D eigenvalue weighted by molar-refractivity contribution is 0.0522. The SMILES string of the molecule is C=CC(O[Si](c1ccccc1)(c1ccccc1)C(C)(C)C)C(CO)COC(=O)NC. The summed E-state index contributed by atoms with van der Waals surface area (Å²) in [6.45, 7) is 10.4. The monoisotopic (exact) mass is 427 g/mol. The normalized spacial score (nSPS) is 13.9. The summed E-state index contributed by atoms with van der Waals surface area (Å²) >= 11 is 0. The molecule has 0 aliphatic carbocycles. The number of amides is 1. The summed E-state index contributed by atoms with van der Waals surface area (Å²) < 4.78 is 12.2. The van der Waals surface area contributed by atoms with E-state index in [-0.39, 0.29) is 18.3 Å². The van der Waals surface area contributed by atoms with Gasteiger partial charge in [-0.15, -0.1) is 6.58 Å². The molecule has 2 atom stereocenters. The van der Waals surface area contributed by atoms with Crippen LogP contribution in [0.15, 0.2) is 73.3 Å². The Labute approximate surface area is 180 Å². The Morgan fingerprint density at radius 3 is 1.97 bits per heavy atom. The van der Waals surface area contributed by atoms with Crippen LogP contribution in [0.5, 0.6) is 0 Å². The van der Waals surface area contributed by atoms with Gasteiger partial charge in [0.1, 0.15) is 6.61 Å². The van der Waals surface area contributed by atoms with E-state index < -0.39 is 26.4 Å². The van der Waals surface area contributed by atoms with Crippen molar-refractivity contribution in [1.82, 2.24) is 5.32 Å². The molecular formula is C24H33NO4Si. The second-order valence-corrected chi connectivity index (χ2v) is 12.5. The summed E-state index contributed by atoms with van der Waals surface area (Å²) in [6.07, 6.45) is 0.667. The Morgan fingerprint density at radius 2 is 1.60 bits per heavy atom. The number of benzene rings is 2. The topological polar surface area (TPSA) is 67.8 Å². The standard InChI is InChI=1S/C24H33NO4Si/c1-6-22(19(17-26)18-28-23(27)25-5)29-30(24(2,3)4,20-13-9-7-10-14-20)21-15-11-8-12-16-21/h6-16,19,22,26H,1,17-18H2,2-5H3,(H,25,27). The first-order valence-corrected chi connectivity index (χ1v) is 12.1. The fraction of sp³-hybridized carbons (Fsp3) is 0.375. The number of carbonyl (C=O) groups is 1. The van der Waals surface area contributed by atoms with Gasteiger partial charge in [-0.3, -0.25) is 0 Å². The lowest BCUT2D eigenvalue weighted by Crippen LogP contribution is -2.68. The minimum Gasteiger partial charge on any atom is -0.449 e. The van der Waals surface area contributed by atoms with Crippen molar-refractivity contribution in [3.8, 4) is 0 Å². The van der Waals surface area contributed by atoms with Crippen LogP contribution in [0.1, 0.15) is 20.8 Å². The van der Waals surface area contributed by atoms with Crippen molar-refractivity contribution in [3.63, 3.8) is 0 Å². The fourth-order valence-corrected chi connectivity index (χ4v) is 8.45. The van der Waals surface area contributed by atoms with Gasteiger partial charge in [0, 0.05) is 13.0 Å². The number of aliphatic hydroxyl groups is 1. The quantitative estimate of drug-likeness (QED) is 0.477. The Bertz CT molecular complexity index is 765. The van der Waals surface area contributed by atoms with Crippen molar-refractivity contribution in [1.29, 1.82) is 0 Å². The van der Waals surface area contributed by atoms with E-state index in [4.69, 9.17) is 9.16 Å². The number of aliphatic hydroxyl groups excluding tert-OH is 1. The Hall–Kier alpha value is -2.41. The first kappa shape index (κ1) is 23.9. The van der Waals surface area contributed by atoms with Gasteiger partial charge in [-0.1, -0.05) is 87.5 Å². The molecular weight excluding hydrogens is 394 g/mol. The molecule has 0 radical (unpaired) electrons. The van der Waals surface area contributed by atoms with Crippen molar-refractivity contribution in [2.75, 3.05) is 20.3 Å². The fourth-order valence-electron chi connectivity index (χ4n) is 3.74. The zero-order valence-corrected chi connectivity index (χ0v) is 19.3. The molecule has 0 aliphatic rings. The zero-order valence-electron chi connectivity index (χ0n) is 18.3. The number of hydrogen-bond acceptors (Lipinski definition) is 4. The average molecular weight is 428 g/mol. The van der Waals surface area contributed by atoms with Gasteiger partial charge in [0.05, 0.1) is 12.7 Å². The van der Waals surface area contributed by atoms with Crippen molar-refractivity contribution >= 4 is 24.8 Å². The third-order valence-electron chi connectivity index (χ3n) is 5.29. The van der Waals surface area contributed by atoms with Crippen LogP contribution in [0.25, 0.3) is 0 Å². The summed E-state index contributed by atoms with van der Waals surface area (Å²) in [5.74, 6) is -0.429. The second-order valence-electron chi connectivity index (χ2n) is 8.27. The number of nitrogens with one attached hydrogen (secondary N) is 1. The number of ether oxygens (including phenoxy) is 1. The number of alkyl carbamates (subject to hydrolysis) is 1. The molecule has 2 aromatic rings. The molecule has 2 aromatic carbocycles. The Kier molecular flexibility index (Phi) is 8.40. The van der Waals surface area contributed by atoms with Gasteiger partial charge in [-0.05, 0) is 15.4 Å². The smallest absolute Gasteiger partial charge is 0.406 e. The van der Waals surface area contributed by atoms with Gasteiger partial charge in [0.15, 0.2) is 0 Å². The van der Waals surface area contributed by atoms with Crippen molar-refractivity contribution < 1.29 is 19.1 Å². The lowest BCUT2D eigenvalue weighted by atomic mass is 10.1. The van der Waals surface area contributed by atoms with Gasteiger partial charge in [0.25, 0.3) is 8.32 Å². The first-order valence-electron chi connectivity index (χ1n) is 10.2. The van der Waals surface area contributed by atoms with Crippen molar-refractivity contribution in [2.45, 2.75) is 31.9 Å². The molecule has 0 saturated heterocycles. The van der Waals surface area contributed by atoms with E-state index in [1.807, 2.05) is 36.4 Å². The number of carbonyl (C=O) groups excluding carboxylic acids is 1. The highest BCUT2D eigenvalue weighted by molar-refractivity contribution is 6.99. The predicted octanol–water partition coefficient (Wildman–Crippen LogP) is 3.08. The summed E-state index contributed by atoms with van der Waals surface area (Å²) in [5.41, 5.74) is 0. The summed E-state index contributed by atoms with van der Waals surface area (Å²) in [7, 11) is -1.32. The third kappa shape index (κ3) is 5.19. The number of hydrogen-bond donors (Lipinski definition) is 2. The van der Waals surface area contributed by atoms with Crippen LogP contribution in [0.3, 0.4) is 0 Å². The summed E-state index contributed by atoms with van der Waals surface area (Å²) in [5, 5.41) is 14.5. The van der Waals surface area contributed by atoms with Crippen LogP contribution in [0.2, 0.25) is 5.04 Å². The predicted molar refractivity (Wildman–Crippen MR) is 124 cm³/mol. The minimum atomic E-state index is -2.82. The highest BCUT2D eigenvalue weighted by Gasteiger charge is 2.51. The molecule has 0 bridgehead atoms. The highest BCUT2D eigenvalue weighted by atomic mass is 28.4. The van der Waals surface area contributed by atoms with Crippen LogP contribution in [0, 0.1) is 5.92 Å². The van der Waals surface area contributed by atoms with Gasteiger partial charge in [-0.25, -0.2) is 4.79 Å². The van der Waals surface area contributed by atoms with Crippen LogP contribution < -0.4 is 15.7 Å². The molecule has 5 nitrogen and oxygen atoms in total. The molecule has 1 amide bonds. The maximum atomic E-state index is 11.6. The largest absolute Gasteiger partial charge is 0.449 e. The minimum absolute atomic E-state index is 0.0328. The second kappa shape index (κ2) is 10.6. The van der Waals surface area contributed by atoms with E-state index in [0.29, 0.717) is 0 Å². The van der Waals surface area contributed by atoms with Crippen LogP contribution >= 0.6 is 0 Å². The van der Waals surface area contributed by atoms with Gasteiger partial charge < -0.3 is 19.6 Å². The van der Waals surface area contributed by atoms with E-state index in [1.165, 1.54) is 7.05 Å². The van der Waals surface area contributed by atoms with Gasteiger partial charge in [0.2, 0.25) is 0 Å². The third-order valence-corrected chi connectivity index (χ3v) is 10.3. The molecule has 0 aliphatic heterocycles. The molecule has 2 rings (SSSR count). The zero-order chi connectivity index (χ0) is 22.2. The van der Waals surface area contributed by atoms with Crippen LogP contribution in [0.4, 0.5) is 4.79 Å². The van der Waals surface area contributed by atoms with Crippen molar-refractivity contribution in [2.24, 2.45) is 5.92 Å². The Balaban J connectivity index is 2.56. The molecule has 0 fully saturated rings. The molecule has 6 heteroatoms. The first-order chi connectivity index (χ1) is 14.3. The number of rotatable bonds is 9. The molecule has 30 heavy (non-hydrogen) atoms. The molecule has 0 aromatic heterocycles. The molecule has 0 spiro atoms. The maximum absolute atomic E-state index is 11.6. The lowest BCUT2D eigenvalue weighted by Gasteiger charge is -2.45. The Morgan fingerprint density at radius 1 is 1.10 bits per heavy atom. The molecule has 2 unspecified atom stereocenters. The van der Waals surface area contributed by atoms with E-state index in [1.54, 1.807) is 6.08 Å². The maximum Gasteiger partial charge on any atom is 0.406 e. The molecule has 0 saturated carbocycles. The van der Waals surface area contributed by atoms with E-state index in [2.05, 4.69) is 56.9 Å². The highest BCUT2D eigenvalue weighted by Crippen LogP contribution is 2.38. The van der Waals surface area contributed by atoms with Crippen LogP contribution in [-0.2, 0) is 9.16 Å². The molecule has 0 heterocycles. The summed E-state index contributed by atoms with van der Waals surface area (Å²) in [4.78, 5) is 11.6. The van der Waals surface area contributed by atoms with Gasteiger partial charge >= 0.3 is 6.09 Å². The summed E-state index contributed by atoms with van der Waals surface area (Å²) in [6, 6.07) is 20.5. The van der Waals surface area contributed by atoms with E-state index >= 15 is 0 Å². The van der Waals surface area contributed by atoms with Crippen LogP contribution in [-0.4, -0.2) is 45.9 Å². The molecule has 2 N–H and O–H groups in total. The van der Waals surface area contributed by atoms with Crippen molar-refractivity contribution in [3.05, 3.63) is 73.3 Å². The van der Waals surface area contributed by atoms with Gasteiger partial charge in [-0.2, -0.15) is 0 Å². The average Bonchev–Trinajstić information content (AvgIpc) is 2.76. The van der Waals surface area contributed by atoms with E-state index in [0.717, 1.165) is 10.4 Å². The molecule has 162 valence electrons. The van der Waals surface area contributed by atoms with E-state index in [9.17, 15) is 9.90 Å².